The second-order valence-electron chi connectivity index (χ2n) is 7.34. The molecule has 4 nitrogen and oxygen atoms in total. The Morgan fingerprint density at radius 2 is 1.68 bits per heavy atom. The molecule has 1 atom stereocenters. The van der Waals surface area contributed by atoms with E-state index in [-0.39, 0.29) is 18.2 Å². The predicted molar refractivity (Wildman–Crippen MR) is 109 cm³/mol. The van der Waals surface area contributed by atoms with Gasteiger partial charge in [0.2, 0.25) is 11.8 Å². The van der Waals surface area contributed by atoms with Crippen molar-refractivity contribution in [2.45, 2.75) is 46.2 Å². The van der Waals surface area contributed by atoms with Crippen molar-refractivity contribution in [3.63, 3.8) is 0 Å². The van der Waals surface area contributed by atoms with E-state index in [1.165, 1.54) is 6.07 Å². The van der Waals surface area contributed by atoms with E-state index in [1.54, 1.807) is 23.1 Å². The molecule has 2 amide bonds. The minimum Gasteiger partial charge on any atom is -0.354 e. The topological polar surface area (TPSA) is 49.4 Å². The first kappa shape index (κ1) is 21.6. The van der Waals surface area contributed by atoms with E-state index < -0.39 is 11.9 Å². The largest absolute Gasteiger partial charge is 0.354 e. The average molecular weight is 384 g/mol. The lowest BCUT2D eigenvalue weighted by molar-refractivity contribution is -0.141. The number of hydrogen-bond acceptors (Lipinski definition) is 2. The molecule has 0 saturated heterocycles. The summed E-state index contributed by atoms with van der Waals surface area (Å²) in [6.07, 6.45) is 0.410. The van der Waals surface area contributed by atoms with Crippen molar-refractivity contribution in [3.8, 4) is 0 Å². The SMILES string of the molecule is CC[C@@H](C(=O)NCC(C)C)N(Cc1ccccc1)C(=O)Cc1ccccc1F. The number of amides is 2. The first-order valence-corrected chi connectivity index (χ1v) is 9.76. The minimum absolute atomic E-state index is 0.0759. The van der Waals surface area contributed by atoms with Gasteiger partial charge in [-0.15, -0.1) is 0 Å². The number of nitrogens with one attached hydrogen (secondary N) is 1. The maximum absolute atomic E-state index is 14.0. The van der Waals surface area contributed by atoms with Crippen LogP contribution in [0.1, 0.15) is 38.3 Å². The Hall–Kier alpha value is -2.69. The monoisotopic (exact) mass is 384 g/mol. The number of rotatable bonds is 9. The summed E-state index contributed by atoms with van der Waals surface area (Å²) >= 11 is 0. The fraction of sp³-hybridized carbons (Fsp3) is 0.391. The molecule has 150 valence electrons. The summed E-state index contributed by atoms with van der Waals surface area (Å²) in [7, 11) is 0. The Morgan fingerprint density at radius 3 is 2.29 bits per heavy atom. The van der Waals surface area contributed by atoms with Crippen LogP contribution in [0.25, 0.3) is 0 Å². The van der Waals surface area contributed by atoms with E-state index >= 15 is 0 Å². The third-order valence-corrected chi connectivity index (χ3v) is 4.57. The molecular formula is C23H29FN2O2. The zero-order valence-corrected chi connectivity index (χ0v) is 16.8. The van der Waals surface area contributed by atoms with Gasteiger partial charge in [0.1, 0.15) is 11.9 Å². The number of halogens is 1. The van der Waals surface area contributed by atoms with Crippen molar-refractivity contribution in [1.82, 2.24) is 10.2 Å². The molecule has 28 heavy (non-hydrogen) atoms. The lowest BCUT2D eigenvalue weighted by Crippen LogP contribution is -2.50. The summed E-state index contributed by atoms with van der Waals surface area (Å²) in [5.41, 5.74) is 1.27. The summed E-state index contributed by atoms with van der Waals surface area (Å²) in [5, 5.41) is 2.92. The van der Waals surface area contributed by atoms with Crippen LogP contribution in [-0.2, 0) is 22.6 Å². The lowest BCUT2D eigenvalue weighted by Gasteiger charge is -2.31. The molecule has 5 heteroatoms. The molecule has 0 bridgehead atoms. The summed E-state index contributed by atoms with van der Waals surface area (Å²) in [5.74, 6) is -0.527. The third kappa shape index (κ3) is 6.19. The highest BCUT2D eigenvalue weighted by Gasteiger charge is 2.29. The van der Waals surface area contributed by atoms with Gasteiger partial charge in [0, 0.05) is 13.1 Å². The molecular weight excluding hydrogens is 355 g/mol. The molecule has 2 rings (SSSR count). The first-order chi connectivity index (χ1) is 13.4. The van der Waals surface area contributed by atoms with Crippen LogP contribution in [0.5, 0.6) is 0 Å². The standard InChI is InChI=1S/C23H29FN2O2/c1-4-21(23(28)25-15-17(2)3)26(16-18-10-6-5-7-11-18)22(27)14-19-12-8-9-13-20(19)24/h5-13,17,21H,4,14-16H2,1-3H3,(H,25,28)/t21-/m0/s1. The molecule has 2 aromatic rings. The quantitative estimate of drug-likeness (QED) is 0.712. The Labute approximate surface area is 166 Å². The van der Waals surface area contributed by atoms with Crippen molar-refractivity contribution >= 4 is 11.8 Å². The fourth-order valence-corrected chi connectivity index (χ4v) is 3.03. The zero-order chi connectivity index (χ0) is 20.5. The highest BCUT2D eigenvalue weighted by atomic mass is 19.1. The van der Waals surface area contributed by atoms with Crippen molar-refractivity contribution < 1.29 is 14.0 Å². The minimum atomic E-state index is -0.599. The summed E-state index contributed by atoms with van der Waals surface area (Å²) in [6.45, 7) is 6.78. The van der Waals surface area contributed by atoms with E-state index in [9.17, 15) is 14.0 Å². The van der Waals surface area contributed by atoms with Crippen LogP contribution in [-0.4, -0.2) is 29.3 Å². The third-order valence-electron chi connectivity index (χ3n) is 4.57. The average Bonchev–Trinajstić information content (AvgIpc) is 2.68. The van der Waals surface area contributed by atoms with Crippen LogP contribution in [0.15, 0.2) is 54.6 Å². The van der Waals surface area contributed by atoms with Gasteiger partial charge in [0.25, 0.3) is 0 Å². The number of benzene rings is 2. The van der Waals surface area contributed by atoms with Gasteiger partial charge < -0.3 is 10.2 Å². The van der Waals surface area contributed by atoms with E-state index in [2.05, 4.69) is 5.32 Å². The van der Waals surface area contributed by atoms with Gasteiger partial charge in [-0.25, -0.2) is 4.39 Å². The van der Waals surface area contributed by atoms with Crippen molar-refractivity contribution in [1.29, 1.82) is 0 Å². The lowest BCUT2D eigenvalue weighted by atomic mass is 10.1. The maximum atomic E-state index is 14.0. The maximum Gasteiger partial charge on any atom is 0.242 e. The number of carbonyl (C=O) groups is 2. The normalized spacial score (nSPS) is 11.9. The van der Waals surface area contributed by atoms with Gasteiger partial charge in [-0.2, -0.15) is 0 Å². The molecule has 0 aliphatic heterocycles. The molecule has 0 unspecified atom stereocenters. The van der Waals surface area contributed by atoms with Crippen LogP contribution < -0.4 is 5.32 Å². The molecule has 0 aliphatic carbocycles. The van der Waals surface area contributed by atoms with Crippen LogP contribution in [0.4, 0.5) is 4.39 Å². The molecule has 0 aliphatic rings. The fourth-order valence-electron chi connectivity index (χ4n) is 3.03. The summed E-state index contributed by atoms with van der Waals surface area (Å²) < 4.78 is 14.0. The molecule has 0 spiro atoms. The van der Waals surface area contributed by atoms with Crippen LogP contribution >= 0.6 is 0 Å². The van der Waals surface area contributed by atoms with E-state index in [1.807, 2.05) is 51.1 Å². The summed E-state index contributed by atoms with van der Waals surface area (Å²) in [4.78, 5) is 27.4. The van der Waals surface area contributed by atoms with Crippen LogP contribution in [0.2, 0.25) is 0 Å². The molecule has 0 saturated carbocycles. The van der Waals surface area contributed by atoms with Gasteiger partial charge in [-0.3, -0.25) is 9.59 Å². The second-order valence-corrected chi connectivity index (χ2v) is 7.34. The van der Waals surface area contributed by atoms with Gasteiger partial charge in [-0.05, 0) is 29.5 Å². The Bertz CT molecular complexity index is 777. The highest BCUT2D eigenvalue weighted by Crippen LogP contribution is 2.16. The Kier molecular flexibility index (Phi) is 8.18. The molecule has 0 fully saturated rings. The van der Waals surface area contributed by atoms with Gasteiger partial charge >= 0.3 is 0 Å². The smallest absolute Gasteiger partial charge is 0.242 e. The molecule has 2 aromatic carbocycles. The Morgan fingerprint density at radius 1 is 1.04 bits per heavy atom. The van der Waals surface area contributed by atoms with Crippen LogP contribution in [0, 0.1) is 11.7 Å². The van der Waals surface area contributed by atoms with Crippen LogP contribution in [0.3, 0.4) is 0 Å². The number of carbonyl (C=O) groups excluding carboxylic acids is 2. The number of nitrogens with zero attached hydrogens (tertiary/aromatic N) is 1. The van der Waals surface area contributed by atoms with E-state index in [4.69, 9.17) is 0 Å². The van der Waals surface area contributed by atoms with E-state index in [0.29, 0.717) is 31.0 Å². The zero-order valence-electron chi connectivity index (χ0n) is 16.8. The van der Waals surface area contributed by atoms with Gasteiger partial charge in [0.05, 0.1) is 6.42 Å². The molecule has 0 radical (unpaired) electrons. The predicted octanol–water partition coefficient (Wildman–Crippen LogP) is 3.95. The Balaban J connectivity index is 2.25. The molecule has 0 heterocycles. The highest BCUT2D eigenvalue weighted by molar-refractivity contribution is 5.88. The van der Waals surface area contributed by atoms with E-state index in [0.717, 1.165) is 5.56 Å². The molecule has 0 aromatic heterocycles. The first-order valence-electron chi connectivity index (χ1n) is 9.76. The van der Waals surface area contributed by atoms with Gasteiger partial charge in [0.15, 0.2) is 0 Å². The van der Waals surface area contributed by atoms with Crippen molar-refractivity contribution in [3.05, 3.63) is 71.5 Å². The van der Waals surface area contributed by atoms with Gasteiger partial charge in [-0.1, -0.05) is 69.3 Å². The molecule has 1 N–H and O–H groups in total. The second kappa shape index (κ2) is 10.6. The summed E-state index contributed by atoms with van der Waals surface area (Å²) in [6, 6.07) is 15.2. The number of hydrogen-bond donors (Lipinski definition) is 1. The van der Waals surface area contributed by atoms with Crippen molar-refractivity contribution in [2.75, 3.05) is 6.54 Å². The van der Waals surface area contributed by atoms with Crippen molar-refractivity contribution in [2.24, 2.45) is 5.92 Å².